The van der Waals surface area contributed by atoms with Gasteiger partial charge in [-0.05, 0) is 43.7 Å². The van der Waals surface area contributed by atoms with E-state index in [4.69, 9.17) is 5.73 Å². The summed E-state index contributed by atoms with van der Waals surface area (Å²) in [4.78, 5) is 2.36. The van der Waals surface area contributed by atoms with Crippen molar-refractivity contribution in [3.8, 4) is 0 Å². The molecule has 4 nitrogen and oxygen atoms in total. The van der Waals surface area contributed by atoms with Crippen LogP contribution in [0.2, 0.25) is 0 Å². The molecule has 2 heterocycles. The molecule has 0 bridgehead atoms. The van der Waals surface area contributed by atoms with Gasteiger partial charge in [-0.3, -0.25) is 4.90 Å². The fourth-order valence-electron chi connectivity index (χ4n) is 3.66. The Morgan fingerprint density at radius 1 is 1.26 bits per heavy atom. The van der Waals surface area contributed by atoms with Crippen molar-refractivity contribution in [2.75, 3.05) is 31.1 Å². The standard InChI is InChI=1S/C14H28N2O2S/c1-13(2,3)12-4-7-16(8-5-12)14(10-15)6-9-19(17,18)11-14/h12H,4-11,15H2,1-3H3. The van der Waals surface area contributed by atoms with Crippen molar-refractivity contribution >= 4 is 9.84 Å². The van der Waals surface area contributed by atoms with Crippen molar-refractivity contribution in [3.05, 3.63) is 0 Å². The molecule has 2 fully saturated rings. The summed E-state index contributed by atoms with van der Waals surface area (Å²) in [6.45, 7) is 9.35. The third-order valence-corrected chi connectivity index (χ3v) is 6.94. The molecule has 2 N–H and O–H groups in total. The summed E-state index contributed by atoms with van der Waals surface area (Å²) in [5.41, 5.74) is 6.01. The lowest BCUT2D eigenvalue weighted by Gasteiger charge is -2.46. The molecule has 112 valence electrons. The number of sulfone groups is 1. The molecule has 0 radical (unpaired) electrons. The van der Waals surface area contributed by atoms with Crippen LogP contribution >= 0.6 is 0 Å². The summed E-state index contributed by atoms with van der Waals surface area (Å²) in [6.07, 6.45) is 3.03. The second-order valence-corrected chi connectivity index (χ2v) is 9.58. The summed E-state index contributed by atoms with van der Waals surface area (Å²) >= 11 is 0. The molecule has 2 aliphatic heterocycles. The highest BCUT2D eigenvalue weighted by atomic mass is 32.2. The molecule has 0 spiro atoms. The van der Waals surface area contributed by atoms with Crippen molar-refractivity contribution in [2.24, 2.45) is 17.1 Å². The van der Waals surface area contributed by atoms with Crippen LogP contribution in [0.1, 0.15) is 40.0 Å². The van der Waals surface area contributed by atoms with E-state index < -0.39 is 9.84 Å². The first-order chi connectivity index (χ1) is 8.69. The minimum Gasteiger partial charge on any atom is -0.329 e. The molecule has 0 aromatic carbocycles. The zero-order valence-electron chi connectivity index (χ0n) is 12.5. The molecule has 1 atom stereocenters. The third-order valence-electron chi connectivity index (χ3n) is 5.14. The number of likely N-dealkylation sites (tertiary alicyclic amines) is 1. The van der Waals surface area contributed by atoms with Gasteiger partial charge in [0.1, 0.15) is 0 Å². The van der Waals surface area contributed by atoms with Gasteiger partial charge in [-0.15, -0.1) is 0 Å². The fourth-order valence-corrected chi connectivity index (χ4v) is 5.76. The van der Waals surface area contributed by atoms with Gasteiger partial charge in [-0.1, -0.05) is 20.8 Å². The van der Waals surface area contributed by atoms with Gasteiger partial charge >= 0.3 is 0 Å². The van der Waals surface area contributed by atoms with Crippen molar-refractivity contribution in [1.29, 1.82) is 0 Å². The molecule has 0 aromatic rings. The minimum absolute atomic E-state index is 0.261. The van der Waals surface area contributed by atoms with E-state index in [1.54, 1.807) is 0 Å². The van der Waals surface area contributed by atoms with Gasteiger partial charge in [0.25, 0.3) is 0 Å². The zero-order chi connectivity index (χ0) is 14.3. The van der Waals surface area contributed by atoms with Crippen LogP contribution in [0.25, 0.3) is 0 Å². The molecule has 19 heavy (non-hydrogen) atoms. The number of nitrogens with zero attached hydrogens (tertiary/aromatic N) is 1. The molecule has 2 saturated heterocycles. The maximum Gasteiger partial charge on any atom is 0.152 e. The van der Waals surface area contributed by atoms with Crippen LogP contribution < -0.4 is 5.73 Å². The second-order valence-electron chi connectivity index (χ2n) is 7.40. The summed E-state index contributed by atoms with van der Waals surface area (Å²) in [5.74, 6) is 1.30. The first kappa shape index (κ1) is 15.3. The smallest absolute Gasteiger partial charge is 0.152 e. The van der Waals surface area contributed by atoms with E-state index >= 15 is 0 Å². The van der Waals surface area contributed by atoms with Crippen molar-refractivity contribution in [3.63, 3.8) is 0 Å². The lowest BCUT2D eigenvalue weighted by Crippen LogP contribution is -2.57. The van der Waals surface area contributed by atoms with Gasteiger partial charge < -0.3 is 5.73 Å². The Bertz CT molecular complexity index is 419. The molecule has 0 aromatic heterocycles. The lowest BCUT2D eigenvalue weighted by atomic mass is 9.74. The third kappa shape index (κ3) is 3.14. The monoisotopic (exact) mass is 288 g/mol. The number of nitrogens with two attached hydrogens (primary N) is 1. The van der Waals surface area contributed by atoms with Crippen LogP contribution in [-0.2, 0) is 9.84 Å². The van der Waals surface area contributed by atoms with Gasteiger partial charge in [0.15, 0.2) is 9.84 Å². The van der Waals surface area contributed by atoms with Crippen molar-refractivity contribution in [1.82, 2.24) is 4.90 Å². The van der Waals surface area contributed by atoms with Crippen LogP contribution in [0.3, 0.4) is 0 Å². The Morgan fingerprint density at radius 3 is 2.21 bits per heavy atom. The predicted octanol–water partition coefficient (Wildman–Crippen LogP) is 1.26. The van der Waals surface area contributed by atoms with Crippen LogP contribution in [0.4, 0.5) is 0 Å². The molecule has 0 saturated carbocycles. The Labute approximate surface area is 117 Å². The van der Waals surface area contributed by atoms with E-state index in [1.165, 1.54) is 0 Å². The fraction of sp³-hybridized carbons (Fsp3) is 1.00. The summed E-state index contributed by atoms with van der Waals surface area (Å²) in [5, 5.41) is 0. The first-order valence-electron chi connectivity index (χ1n) is 7.34. The van der Waals surface area contributed by atoms with Gasteiger partial charge in [0.2, 0.25) is 0 Å². The molecular weight excluding hydrogens is 260 g/mol. The van der Waals surface area contributed by atoms with Crippen LogP contribution in [0.15, 0.2) is 0 Å². The summed E-state index contributed by atoms with van der Waals surface area (Å²) < 4.78 is 23.6. The normalized spacial score (nSPS) is 33.7. The van der Waals surface area contributed by atoms with Gasteiger partial charge in [0, 0.05) is 12.1 Å². The molecule has 0 aliphatic carbocycles. The van der Waals surface area contributed by atoms with E-state index in [-0.39, 0.29) is 11.3 Å². The maximum atomic E-state index is 11.8. The van der Waals surface area contributed by atoms with E-state index in [0.29, 0.717) is 24.1 Å². The van der Waals surface area contributed by atoms with E-state index in [2.05, 4.69) is 25.7 Å². The summed E-state index contributed by atoms with van der Waals surface area (Å²) in [6, 6.07) is 0. The predicted molar refractivity (Wildman–Crippen MR) is 78.8 cm³/mol. The van der Waals surface area contributed by atoms with Gasteiger partial charge in [-0.25, -0.2) is 8.42 Å². The average molecular weight is 288 g/mol. The second kappa shape index (κ2) is 5.01. The average Bonchev–Trinajstić information content (AvgIpc) is 2.65. The van der Waals surface area contributed by atoms with Crippen molar-refractivity contribution < 1.29 is 8.42 Å². The number of piperidine rings is 1. The van der Waals surface area contributed by atoms with Gasteiger partial charge in [0.05, 0.1) is 11.5 Å². The minimum atomic E-state index is -2.88. The quantitative estimate of drug-likeness (QED) is 0.831. The highest BCUT2D eigenvalue weighted by Gasteiger charge is 2.46. The highest BCUT2D eigenvalue weighted by Crippen LogP contribution is 2.38. The topological polar surface area (TPSA) is 63.4 Å². The Hall–Kier alpha value is -0.130. The van der Waals surface area contributed by atoms with E-state index in [1.807, 2.05) is 0 Å². The molecule has 2 rings (SSSR count). The maximum absolute atomic E-state index is 11.8. The summed E-state index contributed by atoms with van der Waals surface area (Å²) in [7, 11) is -2.88. The van der Waals surface area contributed by atoms with Crippen LogP contribution in [-0.4, -0.2) is 50.0 Å². The Morgan fingerprint density at radius 2 is 1.84 bits per heavy atom. The molecular formula is C14H28N2O2S. The highest BCUT2D eigenvalue weighted by molar-refractivity contribution is 7.91. The largest absolute Gasteiger partial charge is 0.329 e. The SMILES string of the molecule is CC(C)(C)C1CCN(C2(CN)CCS(=O)(=O)C2)CC1. The van der Waals surface area contributed by atoms with Crippen LogP contribution in [0.5, 0.6) is 0 Å². The zero-order valence-corrected chi connectivity index (χ0v) is 13.3. The lowest BCUT2D eigenvalue weighted by molar-refractivity contribution is 0.0426. The molecule has 5 heteroatoms. The number of rotatable bonds is 2. The number of hydrogen-bond donors (Lipinski definition) is 1. The Balaban J connectivity index is 2.04. The van der Waals surface area contributed by atoms with Crippen LogP contribution in [0, 0.1) is 11.3 Å². The van der Waals surface area contributed by atoms with E-state index in [0.717, 1.165) is 31.8 Å². The molecule has 2 aliphatic rings. The van der Waals surface area contributed by atoms with Gasteiger partial charge in [-0.2, -0.15) is 0 Å². The first-order valence-corrected chi connectivity index (χ1v) is 9.16. The Kier molecular flexibility index (Phi) is 4.02. The molecule has 1 unspecified atom stereocenters. The van der Waals surface area contributed by atoms with Crippen molar-refractivity contribution in [2.45, 2.75) is 45.6 Å². The van der Waals surface area contributed by atoms with E-state index in [9.17, 15) is 8.42 Å². The number of hydrogen-bond acceptors (Lipinski definition) is 4. The molecule has 0 amide bonds.